The lowest BCUT2D eigenvalue weighted by molar-refractivity contribution is 1.03. The van der Waals surface area contributed by atoms with Gasteiger partial charge in [0.15, 0.2) is 0 Å². The molecule has 0 aliphatic rings. The normalized spacial score (nSPS) is 11.7. The van der Waals surface area contributed by atoms with E-state index in [4.69, 9.17) is 5.26 Å². The van der Waals surface area contributed by atoms with Gasteiger partial charge in [0.2, 0.25) is 0 Å². The smallest absolute Gasteiger partial charge is 0.0908 e. The van der Waals surface area contributed by atoms with Crippen LogP contribution < -0.4 is 0 Å². The van der Waals surface area contributed by atoms with Crippen LogP contribution in [0.15, 0.2) is 36.5 Å². The number of nitrogens with zero attached hydrogens (tertiary/aromatic N) is 1. The highest BCUT2D eigenvalue weighted by Gasteiger charge is 1.75. The van der Waals surface area contributed by atoms with Crippen molar-refractivity contribution in [3.05, 3.63) is 36.5 Å². The minimum atomic E-state index is 0.866. The van der Waals surface area contributed by atoms with Crippen LogP contribution >= 0.6 is 0 Å². The van der Waals surface area contributed by atoms with Gasteiger partial charge in [-0.25, -0.2) is 0 Å². The van der Waals surface area contributed by atoms with Gasteiger partial charge in [0, 0.05) is 6.08 Å². The van der Waals surface area contributed by atoms with Gasteiger partial charge >= 0.3 is 0 Å². The second-order valence-corrected chi connectivity index (χ2v) is 2.70. The topological polar surface area (TPSA) is 23.8 Å². The maximum absolute atomic E-state index is 8.20. The van der Waals surface area contributed by atoms with Crippen LogP contribution in [0.5, 0.6) is 0 Å². The Balaban J connectivity index is 3.28. The average Bonchev–Trinajstić information content (AvgIpc) is 2.16. The molecule has 0 rings (SSSR count). The SMILES string of the molecule is CC/C=C/CC/C=C/C/C=C/C#N. The largest absolute Gasteiger partial charge is 0.193 e. The van der Waals surface area contributed by atoms with E-state index >= 15 is 0 Å². The van der Waals surface area contributed by atoms with Crippen molar-refractivity contribution in [3.63, 3.8) is 0 Å². The molecule has 0 saturated heterocycles. The summed E-state index contributed by atoms with van der Waals surface area (Å²) in [6.07, 6.45) is 16.2. The lowest BCUT2D eigenvalue weighted by Crippen LogP contribution is -1.65. The van der Waals surface area contributed by atoms with E-state index in [0.717, 1.165) is 25.7 Å². The molecule has 0 fully saturated rings. The molecule has 0 atom stereocenters. The summed E-state index contributed by atoms with van der Waals surface area (Å²) in [7, 11) is 0. The summed E-state index contributed by atoms with van der Waals surface area (Å²) in [6, 6.07) is 1.96. The van der Waals surface area contributed by atoms with Gasteiger partial charge in [-0.15, -0.1) is 0 Å². The summed E-state index contributed by atoms with van der Waals surface area (Å²) < 4.78 is 0. The van der Waals surface area contributed by atoms with Crippen molar-refractivity contribution in [1.29, 1.82) is 5.26 Å². The highest BCUT2D eigenvalue weighted by atomic mass is 14.2. The molecular formula is C12H17N. The number of hydrogen-bond donors (Lipinski definition) is 0. The molecular weight excluding hydrogens is 158 g/mol. The molecule has 0 N–H and O–H groups in total. The Bertz CT molecular complexity index is 216. The molecule has 0 heterocycles. The number of hydrogen-bond acceptors (Lipinski definition) is 1. The van der Waals surface area contributed by atoms with E-state index in [2.05, 4.69) is 31.2 Å². The van der Waals surface area contributed by atoms with Crippen molar-refractivity contribution in [2.75, 3.05) is 0 Å². The van der Waals surface area contributed by atoms with Gasteiger partial charge < -0.3 is 0 Å². The third-order valence-corrected chi connectivity index (χ3v) is 1.53. The van der Waals surface area contributed by atoms with E-state index in [-0.39, 0.29) is 0 Å². The van der Waals surface area contributed by atoms with Crippen LogP contribution in [0.3, 0.4) is 0 Å². The van der Waals surface area contributed by atoms with Crippen molar-refractivity contribution in [1.82, 2.24) is 0 Å². The van der Waals surface area contributed by atoms with E-state index in [1.54, 1.807) is 0 Å². The van der Waals surface area contributed by atoms with E-state index in [0.29, 0.717) is 0 Å². The summed E-state index contributed by atoms with van der Waals surface area (Å²) in [5.74, 6) is 0. The van der Waals surface area contributed by atoms with Gasteiger partial charge in [-0.1, -0.05) is 37.3 Å². The first kappa shape index (κ1) is 11.7. The number of rotatable bonds is 6. The van der Waals surface area contributed by atoms with Crippen molar-refractivity contribution in [2.24, 2.45) is 0 Å². The number of unbranched alkanes of at least 4 members (excludes halogenated alkanes) is 1. The summed E-state index contributed by atoms with van der Waals surface area (Å²) in [5.41, 5.74) is 0. The van der Waals surface area contributed by atoms with Gasteiger partial charge in [0.1, 0.15) is 0 Å². The van der Waals surface area contributed by atoms with Crippen molar-refractivity contribution < 1.29 is 0 Å². The summed E-state index contributed by atoms with van der Waals surface area (Å²) >= 11 is 0. The maximum Gasteiger partial charge on any atom is 0.0908 e. The van der Waals surface area contributed by atoms with Crippen LogP contribution in [0, 0.1) is 11.3 Å². The van der Waals surface area contributed by atoms with Gasteiger partial charge in [-0.2, -0.15) is 5.26 Å². The predicted molar refractivity (Wildman–Crippen MR) is 57.2 cm³/mol. The van der Waals surface area contributed by atoms with Crippen LogP contribution in [-0.2, 0) is 0 Å². The third-order valence-electron chi connectivity index (χ3n) is 1.53. The Morgan fingerprint density at radius 3 is 2.31 bits per heavy atom. The second-order valence-electron chi connectivity index (χ2n) is 2.70. The fraction of sp³-hybridized carbons (Fsp3) is 0.417. The number of nitriles is 1. The summed E-state index contributed by atoms with van der Waals surface area (Å²) in [4.78, 5) is 0. The lowest BCUT2D eigenvalue weighted by atomic mass is 10.2. The molecule has 70 valence electrons. The molecule has 0 aliphatic heterocycles. The molecule has 0 amide bonds. The van der Waals surface area contributed by atoms with Crippen LogP contribution in [-0.4, -0.2) is 0 Å². The first-order valence-corrected chi connectivity index (χ1v) is 4.76. The van der Waals surface area contributed by atoms with Crippen LogP contribution in [0.1, 0.15) is 32.6 Å². The monoisotopic (exact) mass is 175 g/mol. The Hall–Kier alpha value is -1.29. The standard InChI is InChI=1S/C12H17N/c1-2-3-4-5-6-7-8-9-10-11-12-13/h3-4,7-8,10-11H,2,5-6,9H2,1H3/b4-3+,8-7+,11-10+. The summed E-state index contributed by atoms with van der Waals surface area (Å²) in [5, 5.41) is 8.20. The highest BCUT2D eigenvalue weighted by Crippen LogP contribution is 1.95. The van der Waals surface area contributed by atoms with Gasteiger partial charge in [-0.05, 0) is 25.7 Å². The second kappa shape index (κ2) is 10.7. The molecule has 0 aromatic carbocycles. The molecule has 0 spiro atoms. The van der Waals surface area contributed by atoms with Gasteiger partial charge in [-0.3, -0.25) is 0 Å². The van der Waals surface area contributed by atoms with Crippen molar-refractivity contribution >= 4 is 0 Å². The van der Waals surface area contributed by atoms with Crippen molar-refractivity contribution in [3.8, 4) is 6.07 Å². The van der Waals surface area contributed by atoms with Crippen LogP contribution in [0.25, 0.3) is 0 Å². The number of allylic oxidation sites excluding steroid dienone is 6. The maximum atomic E-state index is 8.20. The molecule has 0 unspecified atom stereocenters. The molecule has 0 radical (unpaired) electrons. The molecule has 0 aliphatic carbocycles. The van der Waals surface area contributed by atoms with Crippen molar-refractivity contribution in [2.45, 2.75) is 32.6 Å². The Morgan fingerprint density at radius 2 is 1.69 bits per heavy atom. The zero-order valence-electron chi connectivity index (χ0n) is 8.24. The molecule has 1 heteroatoms. The van der Waals surface area contributed by atoms with Gasteiger partial charge in [0.05, 0.1) is 6.07 Å². The third kappa shape index (κ3) is 10.7. The highest BCUT2D eigenvalue weighted by molar-refractivity contribution is 5.04. The van der Waals surface area contributed by atoms with E-state index < -0.39 is 0 Å². The molecule has 0 saturated carbocycles. The molecule has 1 nitrogen and oxygen atoms in total. The zero-order chi connectivity index (χ0) is 9.78. The fourth-order valence-electron chi connectivity index (χ4n) is 0.890. The Morgan fingerprint density at radius 1 is 1.00 bits per heavy atom. The summed E-state index contributed by atoms with van der Waals surface area (Å²) in [6.45, 7) is 2.14. The minimum Gasteiger partial charge on any atom is -0.193 e. The average molecular weight is 175 g/mol. The first-order chi connectivity index (χ1) is 6.41. The lowest BCUT2D eigenvalue weighted by Gasteiger charge is -1.85. The van der Waals surface area contributed by atoms with Gasteiger partial charge in [0.25, 0.3) is 0 Å². The first-order valence-electron chi connectivity index (χ1n) is 4.76. The van der Waals surface area contributed by atoms with E-state index in [1.807, 2.05) is 12.1 Å². The van der Waals surface area contributed by atoms with E-state index in [1.165, 1.54) is 6.08 Å². The minimum absolute atomic E-state index is 0.866. The van der Waals surface area contributed by atoms with Crippen LogP contribution in [0.2, 0.25) is 0 Å². The molecule has 0 aromatic rings. The fourth-order valence-corrected chi connectivity index (χ4v) is 0.890. The Kier molecular flexibility index (Phi) is 9.65. The quantitative estimate of drug-likeness (QED) is 0.342. The molecule has 0 bridgehead atoms. The predicted octanol–water partition coefficient (Wildman–Crippen LogP) is 3.76. The zero-order valence-corrected chi connectivity index (χ0v) is 8.24. The Labute approximate surface area is 81.1 Å². The molecule has 0 aromatic heterocycles. The van der Waals surface area contributed by atoms with E-state index in [9.17, 15) is 0 Å². The van der Waals surface area contributed by atoms with Crippen LogP contribution in [0.4, 0.5) is 0 Å². The molecule has 13 heavy (non-hydrogen) atoms.